The van der Waals surface area contributed by atoms with E-state index >= 15 is 0 Å². The van der Waals surface area contributed by atoms with Crippen LogP contribution in [0, 0.1) is 11.3 Å². The molecule has 2 aromatic heterocycles. The van der Waals surface area contributed by atoms with Gasteiger partial charge in [-0.1, -0.05) is 53.7 Å². The topological polar surface area (TPSA) is 220 Å². The van der Waals surface area contributed by atoms with E-state index in [0.29, 0.717) is 63.3 Å². The Balaban J connectivity index is 0.00000228. The number of aryl methyl sites for hydroxylation is 1. The van der Waals surface area contributed by atoms with Gasteiger partial charge in [0.1, 0.15) is 42.4 Å². The van der Waals surface area contributed by atoms with Gasteiger partial charge in [0.2, 0.25) is 11.8 Å². The number of aromatic amines is 2. The number of amides is 4. The third kappa shape index (κ3) is 15.8. The number of methoxy groups -OCH3 is 4. The number of alkyl carbamates (subject to hydrolysis) is 2. The maximum atomic E-state index is 13.9. The molecule has 0 aliphatic carbocycles. The lowest BCUT2D eigenvalue weighted by atomic mass is 9.85. The number of likely N-dealkylation sites (tertiary alicyclic amines) is 1. The van der Waals surface area contributed by atoms with Crippen molar-refractivity contribution in [3.05, 3.63) is 60.4 Å². The Labute approximate surface area is 388 Å². The number of carbonyl (C=O) groups is 4. The first-order chi connectivity index (χ1) is 31.6. The zero-order valence-corrected chi connectivity index (χ0v) is 40.3. The highest BCUT2D eigenvalue weighted by molar-refractivity contribution is 5.87. The van der Waals surface area contributed by atoms with Crippen LogP contribution in [0.2, 0.25) is 0 Å². The molecule has 4 aromatic rings. The number of H-pyrrole nitrogens is 2. The highest BCUT2D eigenvalue weighted by Crippen LogP contribution is 2.41. The average molecular weight is 919 g/mol. The van der Waals surface area contributed by atoms with E-state index in [0.717, 1.165) is 71.1 Å². The average Bonchev–Trinajstić information content (AvgIpc) is 4.09. The second kappa shape index (κ2) is 26.1. The van der Waals surface area contributed by atoms with E-state index in [9.17, 15) is 19.2 Å². The molecule has 0 bridgehead atoms. The summed E-state index contributed by atoms with van der Waals surface area (Å²) in [5.41, 5.74) is 4.35. The Kier molecular flexibility index (Phi) is 20.8. The van der Waals surface area contributed by atoms with Crippen molar-refractivity contribution in [3.63, 3.8) is 0 Å². The number of aromatic nitrogens is 4. The standard InChI is InChI=1S/C44H60N8O10.C4H10/c1-44(2,3)39(51-43(56)60-7)41(54)52-18-10-11-34(52)40-47-26-33(50-40)29-14-16-31(36(24-29)62-22-20-58-5)30-15-13-28(23-35(30)61-21-19-57-4)32-25-46-37(49-32)12-8-9-17-45-38(53)27-48-42(55)59-6;1-4(2)3/h13-16,23-26,34,39H,8-12,17-22,27H2,1-7H3,(H,45,53)(H,46,49)(H,47,50)(H,48,55)(H,51,56);4H,1-3H3. The van der Waals surface area contributed by atoms with Crippen LogP contribution in [-0.2, 0) is 35.0 Å². The first-order valence-electron chi connectivity index (χ1n) is 22.4. The highest BCUT2D eigenvalue weighted by Gasteiger charge is 2.41. The predicted molar refractivity (Wildman–Crippen MR) is 251 cm³/mol. The molecule has 1 fully saturated rings. The summed E-state index contributed by atoms with van der Waals surface area (Å²) in [7, 11) is 5.77. The smallest absolute Gasteiger partial charge is 0.407 e. The number of nitrogens with one attached hydrogen (secondary N) is 5. The number of carbonyl (C=O) groups excluding carboxylic acids is 4. The minimum Gasteiger partial charge on any atom is -0.491 e. The molecule has 2 aromatic carbocycles. The molecular formula is C48H70N8O10. The molecule has 1 aliphatic rings. The van der Waals surface area contributed by atoms with Crippen molar-refractivity contribution in [1.82, 2.24) is 40.8 Å². The minimum absolute atomic E-state index is 0.144. The molecule has 2 atom stereocenters. The van der Waals surface area contributed by atoms with Crippen molar-refractivity contribution in [2.45, 2.75) is 85.7 Å². The predicted octanol–water partition coefficient (Wildman–Crippen LogP) is 7.08. The molecule has 0 radical (unpaired) electrons. The summed E-state index contributed by atoms with van der Waals surface area (Å²) < 4.78 is 32.6. The van der Waals surface area contributed by atoms with Crippen molar-refractivity contribution in [2.24, 2.45) is 11.3 Å². The molecule has 362 valence electrons. The molecular weight excluding hydrogens is 849 g/mol. The quantitative estimate of drug-likeness (QED) is 0.0530. The fraction of sp³-hybridized carbons (Fsp3) is 0.542. The molecule has 0 saturated carbocycles. The molecule has 5 N–H and O–H groups in total. The van der Waals surface area contributed by atoms with Crippen LogP contribution < -0.4 is 25.4 Å². The number of benzene rings is 2. The van der Waals surface area contributed by atoms with Gasteiger partial charge in [0, 0.05) is 56.0 Å². The number of nitrogens with zero attached hydrogens (tertiary/aromatic N) is 3. The number of imidazole rings is 2. The van der Waals surface area contributed by atoms with Crippen LogP contribution in [0.15, 0.2) is 48.8 Å². The Morgan fingerprint density at radius 3 is 1.91 bits per heavy atom. The Hall–Kier alpha value is -6.14. The van der Waals surface area contributed by atoms with Gasteiger partial charge in [-0.25, -0.2) is 19.6 Å². The minimum atomic E-state index is -0.784. The van der Waals surface area contributed by atoms with Crippen LogP contribution in [0.5, 0.6) is 11.5 Å². The summed E-state index contributed by atoms with van der Waals surface area (Å²) in [5, 5.41) is 7.87. The number of unbranched alkanes of at least 4 members (excludes halogenated alkanes) is 1. The summed E-state index contributed by atoms with van der Waals surface area (Å²) in [6, 6.07) is 10.8. The second-order valence-electron chi connectivity index (χ2n) is 17.5. The molecule has 18 heteroatoms. The summed E-state index contributed by atoms with van der Waals surface area (Å²) >= 11 is 0. The van der Waals surface area contributed by atoms with Crippen molar-refractivity contribution in [3.8, 4) is 45.1 Å². The first kappa shape index (κ1) is 52.5. The number of hydrogen-bond acceptors (Lipinski definition) is 12. The van der Waals surface area contributed by atoms with Crippen LogP contribution >= 0.6 is 0 Å². The van der Waals surface area contributed by atoms with Gasteiger partial charge < -0.3 is 59.2 Å². The van der Waals surface area contributed by atoms with Gasteiger partial charge in [-0.05, 0) is 61.3 Å². The second-order valence-corrected chi connectivity index (χ2v) is 17.5. The van der Waals surface area contributed by atoms with Crippen molar-refractivity contribution < 1.29 is 47.6 Å². The van der Waals surface area contributed by atoms with Crippen LogP contribution in [0.1, 0.15) is 84.9 Å². The zero-order valence-electron chi connectivity index (χ0n) is 40.3. The third-order valence-electron chi connectivity index (χ3n) is 10.3. The van der Waals surface area contributed by atoms with Crippen LogP contribution in [0.3, 0.4) is 0 Å². The van der Waals surface area contributed by atoms with Gasteiger partial charge in [-0.15, -0.1) is 0 Å². The highest BCUT2D eigenvalue weighted by atomic mass is 16.5. The lowest BCUT2D eigenvalue weighted by Gasteiger charge is -2.35. The summed E-state index contributed by atoms with van der Waals surface area (Å²) in [5.74, 6) is 3.07. The van der Waals surface area contributed by atoms with E-state index in [1.807, 2.05) is 57.2 Å². The lowest BCUT2D eigenvalue weighted by Crippen LogP contribution is -2.54. The molecule has 2 unspecified atom stereocenters. The fourth-order valence-electron chi connectivity index (χ4n) is 7.06. The molecule has 3 heterocycles. The number of ether oxygens (including phenoxy) is 6. The van der Waals surface area contributed by atoms with Gasteiger partial charge in [0.25, 0.3) is 0 Å². The Bertz CT molecular complexity index is 2160. The van der Waals surface area contributed by atoms with Gasteiger partial charge in [0.05, 0.1) is 63.8 Å². The third-order valence-corrected chi connectivity index (χ3v) is 10.3. The van der Waals surface area contributed by atoms with Gasteiger partial charge in [-0.3, -0.25) is 9.59 Å². The van der Waals surface area contributed by atoms with E-state index < -0.39 is 23.6 Å². The number of rotatable bonds is 21. The summed E-state index contributed by atoms with van der Waals surface area (Å²) in [6.45, 7) is 14.5. The SMILES string of the molecule is CC(C)C.COCCOc1cc(-c2cnc(CCCCNC(=O)CNC(=O)OC)[nH]2)ccc1-c1ccc(-c2cnc(C3CCCN3C(=O)C(NC(=O)OC)C(C)(C)C)[nH]2)cc1OCCOC. The van der Waals surface area contributed by atoms with Crippen molar-refractivity contribution in [1.29, 1.82) is 0 Å². The first-order valence-corrected chi connectivity index (χ1v) is 22.4. The Morgan fingerprint density at radius 2 is 1.35 bits per heavy atom. The molecule has 66 heavy (non-hydrogen) atoms. The van der Waals surface area contributed by atoms with Gasteiger partial charge in [0.15, 0.2) is 0 Å². The molecule has 18 nitrogen and oxygen atoms in total. The van der Waals surface area contributed by atoms with Gasteiger partial charge in [-0.2, -0.15) is 0 Å². The van der Waals surface area contributed by atoms with Gasteiger partial charge >= 0.3 is 12.2 Å². The summed E-state index contributed by atoms with van der Waals surface area (Å²) in [6.07, 6.45) is 5.96. The van der Waals surface area contributed by atoms with E-state index in [-0.39, 0.29) is 24.4 Å². The molecule has 1 saturated heterocycles. The maximum absolute atomic E-state index is 13.9. The van der Waals surface area contributed by atoms with Crippen molar-refractivity contribution in [2.75, 3.05) is 74.5 Å². The molecule has 4 amide bonds. The normalized spacial score (nSPS) is 13.9. The van der Waals surface area contributed by atoms with Crippen molar-refractivity contribution >= 4 is 24.0 Å². The Morgan fingerprint density at radius 1 is 0.773 bits per heavy atom. The molecule has 1 aliphatic heterocycles. The monoisotopic (exact) mass is 919 g/mol. The molecule has 5 rings (SSSR count). The van der Waals surface area contributed by atoms with E-state index in [4.69, 9.17) is 28.7 Å². The molecule has 0 spiro atoms. The van der Waals surface area contributed by atoms with Crippen LogP contribution in [-0.4, -0.2) is 129 Å². The number of hydrogen-bond donors (Lipinski definition) is 5. The van der Waals surface area contributed by atoms with E-state index in [1.165, 1.54) is 14.2 Å². The van der Waals surface area contributed by atoms with Crippen LogP contribution in [0.4, 0.5) is 9.59 Å². The fourth-order valence-corrected chi connectivity index (χ4v) is 7.06. The summed E-state index contributed by atoms with van der Waals surface area (Å²) in [4.78, 5) is 67.2. The van der Waals surface area contributed by atoms with E-state index in [2.05, 4.69) is 56.4 Å². The van der Waals surface area contributed by atoms with E-state index in [1.54, 1.807) is 31.5 Å². The lowest BCUT2D eigenvalue weighted by molar-refractivity contribution is -0.137. The largest absolute Gasteiger partial charge is 0.491 e. The zero-order chi connectivity index (χ0) is 48.2. The van der Waals surface area contributed by atoms with Crippen LogP contribution in [0.25, 0.3) is 33.6 Å². The maximum Gasteiger partial charge on any atom is 0.407 e.